The van der Waals surface area contributed by atoms with Crippen LogP contribution in [0.4, 0.5) is 0 Å². The molecule has 1 aromatic heterocycles. The van der Waals surface area contributed by atoms with E-state index >= 15 is 0 Å². The van der Waals surface area contributed by atoms with E-state index in [1.165, 1.54) is 12.8 Å². The van der Waals surface area contributed by atoms with Gasteiger partial charge in [-0.25, -0.2) is 4.98 Å². The fraction of sp³-hybridized carbons (Fsp3) is 0.500. The summed E-state index contributed by atoms with van der Waals surface area (Å²) >= 11 is 3.25. The van der Waals surface area contributed by atoms with Crippen molar-refractivity contribution in [3.05, 3.63) is 28.5 Å². The zero-order chi connectivity index (χ0) is 11.5. The van der Waals surface area contributed by atoms with Crippen LogP contribution in [0.1, 0.15) is 30.1 Å². The number of carbonyl (C=O) groups is 1. The van der Waals surface area contributed by atoms with Gasteiger partial charge in [0, 0.05) is 18.3 Å². The van der Waals surface area contributed by atoms with E-state index in [4.69, 9.17) is 0 Å². The van der Waals surface area contributed by atoms with Crippen LogP contribution in [-0.4, -0.2) is 17.4 Å². The Morgan fingerprint density at radius 2 is 2.44 bits per heavy atom. The molecule has 1 aromatic rings. The van der Waals surface area contributed by atoms with Crippen LogP contribution in [0, 0.1) is 11.8 Å². The highest BCUT2D eigenvalue weighted by molar-refractivity contribution is 9.10. The molecule has 1 N–H and O–H groups in total. The maximum Gasteiger partial charge on any atom is 0.251 e. The highest BCUT2D eigenvalue weighted by Crippen LogP contribution is 2.36. The second kappa shape index (κ2) is 4.95. The van der Waals surface area contributed by atoms with Crippen molar-refractivity contribution in [1.29, 1.82) is 0 Å². The van der Waals surface area contributed by atoms with Gasteiger partial charge in [0.25, 0.3) is 5.91 Å². The van der Waals surface area contributed by atoms with E-state index in [2.05, 4.69) is 33.2 Å². The van der Waals surface area contributed by atoms with Gasteiger partial charge in [0.15, 0.2) is 0 Å². The third-order valence-electron chi connectivity index (χ3n) is 3.00. The molecule has 1 unspecified atom stereocenters. The van der Waals surface area contributed by atoms with E-state index in [1.54, 1.807) is 18.3 Å². The van der Waals surface area contributed by atoms with Crippen LogP contribution in [0.15, 0.2) is 22.9 Å². The molecule has 1 aliphatic rings. The van der Waals surface area contributed by atoms with Crippen molar-refractivity contribution in [1.82, 2.24) is 10.3 Å². The monoisotopic (exact) mass is 282 g/mol. The van der Waals surface area contributed by atoms with E-state index in [1.807, 2.05) is 0 Å². The molecular formula is C12H15BrN2O. The Bertz CT molecular complexity index is 390. The highest BCUT2D eigenvalue weighted by Gasteiger charge is 2.27. The van der Waals surface area contributed by atoms with Crippen LogP contribution in [0.3, 0.4) is 0 Å². The summed E-state index contributed by atoms with van der Waals surface area (Å²) in [6, 6.07) is 3.46. The Morgan fingerprint density at radius 3 is 3.06 bits per heavy atom. The Hall–Kier alpha value is -0.900. The van der Waals surface area contributed by atoms with Gasteiger partial charge in [0.1, 0.15) is 4.60 Å². The molecule has 1 heterocycles. The summed E-state index contributed by atoms with van der Waals surface area (Å²) in [5, 5.41) is 2.96. The molecule has 1 atom stereocenters. The number of hydrogen-bond donors (Lipinski definition) is 1. The van der Waals surface area contributed by atoms with E-state index in [0.29, 0.717) is 16.1 Å². The Morgan fingerprint density at radius 1 is 1.69 bits per heavy atom. The van der Waals surface area contributed by atoms with Crippen LogP contribution < -0.4 is 5.32 Å². The highest BCUT2D eigenvalue weighted by atomic mass is 79.9. The number of aromatic nitrogens is 1. The Balaban J connectivity index is 1.87. The summed E-state index contributed by atoms with van der Waals surface area (Å²) < 4.78 is 0.690. The first kappa shape index (κ1) is 11.6. The van der Waals surface area contributed by atoms with Crippen LogP contribution in [0.25, 0.3) is 0 Å². The Kier molecular flexibility index (Phi) is 3.59. The van der Waals surface area contributed by atoms with Crippen molar-refractivity contribution in [3.8, 4) is 0 Å². The summed E-state index contributed by atoms with van der Waals surface area (Å²) in [6.45, 7) is 2.96. The number of carbonyl (C=O) groups excluding carboxylic acids is 1. The predicted octanol–water partition coefficient (Wildman–Crippen LogP) is 2.62. The lowest BCUT2D eigenvalue weighted by Gasteiger charge is -2.11. The Labute approximate surface area is 104 Å². The van der Waals surface area contributed by atoms with Crippen LogP contribution in [0.5, 0.6) is 0 Å². The largest absolute Gasteiger partial charge is 0.352 e. The summed E-state index contributed by atoms with van der Waals surface area (Å²) in [6.07, 6.45) is 4.26. The van der Waals surface area contributed by atoms with Crippen LogP contribution in [0.2, 0.25) is 0 Å². The number of amides is 1. The van der Waals surface area contributed by atoms with Crippen molar-refractivity contribution in [2.75, 3.05) is 6.54 Å². The second-order valence-electron chi connectivity index (χ2n) is 4.39. The average molecular weight is 283 g/mol. The first-order valence-electron chi connectivity index (χ1n) is 5.56. The van der Waals surface area contributed by atoms with Crippen molar-refractivity contribution in [2.24, 2.45) is 11.8 Å². The minimum atomic E-state index is -0.0180. The molecule has 1 amide bonds. The maximum atomic E-state index is 11.8. The molecule has 16 heavy (non-hydrogen) atoms. The SMILES string of the molecule is CC(CNC(=O)c1ccnc(Br)c1)C1CC1. The van der Waals surface area contributed by atoms with Gasteiger partial charge in [-0.15, -0.1) is 0 Å². The minimum absolute atomic E-state index is 0.0180. The number of rotatable bonds is 4. The molecular weight excluding hydrogens is 268 g/mol. The minimum Gasteiger partial charge on any atom is -0.352 e. The summed E-state index contributed by atoms with van der Waals surface area (Å²) in [5.41, 5.74) is 0.657. The van der Waals surface area contributed by atoms with Gasteiger partial charge in [-0.2, -0.15) is 0 Å². The van der Waals surface area contributed by atoms with Gasteiger partial charge < -0.3 is 5.32 Å². The van der Waals surface area contributed by atoms with E-state index in [9.17, 15) is 4.79 Å². The average Bonchev–Trinajstić information content (AvgIpc) is 3.09. The summed E-state index contributed by atoms with van der Waals surface area (Å²) in [4.78, 5) is 15.8. The first-order valence-corrected chi connectivity index (χ1v) is 6.36. The normalized spacial score (nSPS) is 16.9. The molecule has 0 radical (unpaired) electrons. The lowest BCUT2D eigenvalue weighted by Crippen LogP contribution is -2.29. The zero-order valence-corrected chi connectivity index (χ0v) is 10.8. The van der Waals surface area contributed by atoms with Gasteiger partial charge in [-0.3, -0.25) is 4.79 Å². The van der Waals surface area contributed by atoms with Crippen molar-refractivity contribution in [3.63, 3.8) is 0 Å². The fourth-order valence-corrected chi connectivity index (χ4v) is 2.10. The number of nitrogens with one attached hydrogen (secondary N) is 1. The molecule has 1 aliphatic carbocycles. The van der Waals surface area contributed by atoms with Crippen molar-refractivity contribution in [2.45, 2.75) is 19.8 Å². The van der Waals surface area contributed by atoms with Gasteiger partial charge in [0.05, 0.1) is 0 Å². The molecule has 0 aliphatic heterocycles. The number of hydrogen-bond acceptors (Lipinski definition) is 2. The predicted molar refractivity (Wildman–Crippen MR) is 66.2 cm³/mol. The van der Waals surface area contributed by atoms with Gasteiger partial charge in [-0.1, -0.05) is 6.92 Å². The smallest absolute Gasteiger partial charge is 0.251 e. The van der Waals surface area contributed by atoms with E-state index in [0.717, 1.165) is 12.5 Å². The molecule has 2 rings (SSSR count). The maximum absolute atomic E-state index is 11.8. The van der Waals surface area contributed by atoms with Crippen LogP contribution >= 0.6 is 15.9 Å². The molecule has 86 valence electrons. The summed E-state index contributed by atoms with van der Waals surface area (Å²) in [7, 11) is 0. The number of pyridine rings is 1. The van der Waals surface area contributed by atoms with E-state index in [-0.39, 0.29) is 5.91 Å². The molecule has 0 aromatic carbocycles. The number of halogens is 1. The van der Waals surface area contributed by atoms with Gasteiger partial charge >= 0.3 is 0 Å². The second-order valence-corrected chi connectivity index (χ2v) is 5.20. The van der Waals surface area contributed by atoms with Gasteiger partial charge in [-0.05, 0) is 52.7 Å². The molecule has 0 spiro atoms. The summed E-state index contributed by atoms with van der Waals surface area (Å²) in [5.74, 6) is 1.40. The van der Waals surface area contributed by atoms with Crippen molar-refractivity contribution >= 4 is 21.8 Å². The quantitative estimate of drug-likeness (QED) is 0.863. The first-order chi connectivity index (χ1) is 7.66. The third kappa shape index (κ3) is 3.04. The number of nitrogens with zero attached hydrogens (tertiary/aromatic N) is 1. The lowest BCUT2D eigenvalue weighted by molar-refractivity contribution is 0.0946. The molecule has 4 heteroatoms. The zero-order valence-electron chi connectivity index (χ0n) is 9.24. The van der Waals surface area contributed by atoms with Crippen LogP contribution in [-0.2, 0) is 0 Å². The third-order valence-corrected chi connectivity index (χ3v) is 3.43. The lowest BCUT2D eigenvalue weighted by atomic mass is 10.1. The molecule has 3 nitrogen and oxygen atoms in total. The van der Waals surface area contributed by atoms with E-state index < -0.39 is 0 Å². The molecule has 0 saturated heterocycles. The topological polar surface area (TPSA) is 42.0 Å². The molecule has 1 saturated carbocycles. The fourth-order valence-electron chi connectivity index (χ4n) is 1.73. The standard InChI is InChI=1S/C12H15BrN2O/c1-8(9-2-3-9)7-15-12(16)10-4-5-14-11(13)6-10/h4-6,8-9H,2-3,7H2,1H3,(H,15,16). The molecule has 1 fully saturated rings. The van der Waals surface area contributed by atoms with Gasteiger partial charge in [0.2, 0.25) is 0 Å². The molecule has 0 bridgehead atoms. The van der Waals surface area contributed by atoms with Crippen molar-refractivity contribution < 1.29 is 4.79 Å².